The van der Waals surface area contributed by atoms with E-state index in [-0.39, 0.29) is 18.2 Å². The highest BCUT2D eigenvalue weighted by atomic mass is 32.2. The van der Waals surface area contributed by atoms with Gasteiger partial charge in [0.05, 0.1) is 11.0 Å². The zero-order chi connectivity index (χ0) is 18.7. The Labute approximate surface area is 152 Å². The van der Waals surface area contributed by atoms with Crippen molar-refractivity contribution in [2.45, 2.75) is 25.6 Å². The van der Waals surface area contributed by atoms with E-state index in [0.717, 1.165) is 29.4 Å². The molecule has 3 rings (SSSR count). The number of benzene rings is 2. The van der Waals surface area contributed by atoms with Gasteiger partial charge in [-0.25, -0.2) is 13.4 Å². The summed E-state index contributed by atoms with van der Waals surface area (Å²) in [6, 6.07) is 15.0. The number of imidazole rings is 1. The Bertz CT molecular complexity index is 1050. The number of hydrogen-bond acceptors (Lipinski definition) is 4. The van der Waals surface area contributed by atoms with E-state index in [0.29, 0.717) is 11.3 Å². The maximum Gasteiger partial charge on any atom is 0.244 e. The average Bonchev–Trinajstić information content (AvgIpc) is 2.90. The fourth-order valence-corrected chi connectivity index (χ4v) is 3.55. The summed E-state index contributed by atoms with van der Waals surface area (Å²) in [5, 5.41) is 2.87. The number of para-hydroxylation sites is 2. The summed E-state index contributed by atoms with van der Waals surface area (Å²) in [4.78, 5) is 16.9. The van der Waals surface area contributed by atoms with E-state index in [4.69, 9.17) is 0 Å². The van der Waals surface area contributed by atoms with Crippen molar-refractivity contribution < 1.29 is 13.2 Å². The Morgan fingerprint density at radius 3 is 2.65 bits per heavy atom. The lowest BCUT2D eigenvalue weighted by molar-refractivity contribution is -0.116. The third-order valence-corrected chi connectivity index (χ3v) is 4.83. The van der Waals surface area contributed by atoms with Crippen LogP contribution in [-0.2, 0) is 33.4 Å². The minimum absolute atomic E-state index is 0.00171. The molecule has 136 valence electrons. The fourth-order valence-electron chi connectivity index (χ4n) is 2.86. The summed E-state index contributed by atoms with van der Waals surface area (Å²) in [6.07, 6.45) is 2.04. The van der Waals surface area contributed by atoms with Crippen molar-refractivity contribution in [3.8, 4) is 0 Å². The molecule has 0 fully saturated rings. The molecule has 2 aromatic carbocycles. The van der Waals surface area contributed by atoms with Crippen LogP contribution < -0.4 is 5.32 Å². The molecule has 0 aliphatic heterocycles. The van der Waals surface area contributed by atoms with Gasteiger partial charge in [0, 0.05) is 11.9 Å². The highest BCUT2D eigenvalue weighted by Gasteiger charge is 2.17. The lowest BCUT2D eigenvalue weighted by Crippen LogP contribution is -2.21. The van der Waals surface area contributed by atoms with Crippen LogP contribution in [0.4, 0.5) is 5.69 Å². The van der Waals surface area contributed by atoms with E-state index in [1.165, 1.54) is 0 Å². The standard InChI is InChI=1S/C19H21N3O3S/c1-3-14-7-6-8-15(11-14)20-19(23)12-22-17-10-5-4-9-16(17)21-18(22)13-26(2,24)25/h4-11H,3,12-13H2,1-2H3,(H,20,23). The van der Waals surface area contributed by atoms with Gasteiger partial charge in [0.1, 0.15) is 18.1 Å². The number of aromatic nitrogens is 2. The monoisotopic (exact) mass is 371 g/mol. The number of anilines is 1. The largest absolute Gasteiger partial charge is 0.325 e. The molecule has 0 aliphatic carbocycles. The molecular weight excluding hydrogens is 350 g/mol. The predicted octanol–water partition coefficient (Wildman–Crippen LogP) is 2.78. The number of nitrogens with one attached hydrogen (secondary N) is 1. The van der Waals surface area contributed by atoms with E-state index < -0.39 is 9.84 Å². The second-order valence-electron chi connectivity index (χ2n) is 6.28. The van der Waals surface area contributed by atoms with Gasteiger partial charge in [0.2, 0.25) is 5.91 Å². The molecular formula is C19H21N3O3S. The predicted molar refractivity (Wildman–Crippen MR) is 103 cm³/mol. The Kier molecular flexibility index (Phi) is 5.08. The van der Waals surface area contributed by atoms with Gasteiger partial charge in [-0.15, -0.1) is 0 Å². The van der Waals surface area contributed by atoms with Gasteiger partial charge in [-0.1, -0.05) is 31.2 Å². The minimum Gasteiger partial charge on any atom is -0.325 e. The second kappa shape index (κ2) is 7.29. The van der Waals surface area contributed by atoms with Crippen LogP contribution in [0.5, 0.6) is 0 Å². The first-order chi connectivity index (χ1) is 12.4. The number of carbonyl (C=O) groups excluding carboxylic acids is 1. The van der Waals surface area contributed by atoms with Crippen LogP contribution in [0.25, 0.3) is 11.0 Å². The van der Waals surface area contributed by atoms with E-state index in [1.54, 1.807) is 10.6 Å². The SMILES string of the molecule is CCc1cccc(NC(=O)Cn2c(CS(C)(=O)=O)nc3ccccc32)c1. The smallest absolute Gasteiger partial charge is 0.244 e. The van der Waals surface area contributed by atoms with Gasteiger partial charge in [-0.2, -0.15) is 0 Å². The van der Waals surface area contributed by atoms with Gasteiger partial charge in [-0.05, 0) is 36.2 Å². The maximum absolute atomic E-state index is 12.5. The van der Waals surface area contributed by atoms with Crippen LogP contribution >= 0.6 is 0 Å². The Hall–Kier alpha value is -2.67. The lowest BCUT2D eigenvalue weighted by atomic mass is 10.1. The van der Waals surface area contributed by atoms with Crippen LogP contribution in [0.3, 0.4) is 0 Å². The molecule has 0 bridgehead atoms. The van der Waals surface area contributed by atoms with Crippen molar-refractivity contribution in [3.63, 3.8) is 0 Å². The van der Waals surface area contributed by atoms with Crippen molar-refractivity contribution in [3.05, 3.63) is 59.9 Å². The van der Waals surface area contributed by atoms with Gasteiger partial charge in [-0.3, -0.25) is 4.79 Å². The molecule has 0 unspecified atom stereocenters. The lowest BCUT2D eigenvalue weighted by Gasteiger charge is -2.10. The van der Waals surface area contributed by atoms with Crippen molar-refractivity contribution in [2.24, 2.45) is 0 Å². The van der Waals surface area contributed by atoms with E-state index in [9.17, 15) is 13.2 Å². The first kappa shape index (κ1) is 18.1. The Morgan fingerprint density at radius 2 is 1.92 bits per heavy atom. The van der Waals surface area contributed by atoms with Crippen LogP contribution in [0.1, 0.15) is 18.3 Å². The van der Waals surface area contributed by atoms with Crippen LogP contribution in [0.15, 0.2) is 48.5 Å². The van der Waals surface area contributed by atoms with Gasteiger partial charge in [0.25, 0.3) is 0 Å². The zero-order valence-corrected chi connectivity index (χ0v) is 15.6. The summed E-state index contributed by atoms with van der Waals surface area (Å²) in [5.41, 5.74) is 3.27. The zero-order valence-electron chi connectivity index (χ0n) is 14.8. The molecule has 0 radical (unpaired) electrons. The molecule has 6 nitrogen and oxygen atoms in total. The first-order valence-electron chi connectivity index (χ1n) is 8.36. The topological polar surface area (TPSA) is 81.1 Å². The molecule has 0 saturated carbocycles. The van der Waals surface area contributed by atoms with Gasteiger partial charge in [0.15, 0.2) is 9.84 Å². The Morgan fingerprint density at radius 1 is 1.15 bits per heavy atom. The highest BCUT2D eigenvalue weighted by molar-refractivity contribution is 7.89. The average molecular weight is 371 g/mol. The molecule has 3 aromatic rings. The summed E-state index contributed by atoms with van der Waals surface area (Å²) >= 11 is 0. The second-order valence-corrected chi connectivity index (χ2v) is 8.42. The summed E-state index contributed by atoms with van der Waals surface area (Å²) in [5.74, 6) is -0.0670. The van der Waals surface area contributed by atoms with Crippen molar-refractivity contribution >= 4 is 32.5 Å². The van der Waals surface area contributed by atoms with E-state index in [2.05, 4.69) is 17.2 Å². The molecule has 0 spiro atoms. The number of amides is 1. The number of aryl methyl sites for hydroxylation is 1. The van der Waals surface area contributed by atoms with Crippen molar-refractivity contribution in [1.82, 2.24) is 9.55 Å². The molecule has 1 N–H and O–H groups in total. The molecule has 0 saturated heterocycles. The number of fused-ring (bicyclic) bond motifs is 1. The van der Waals surface area contributed by atoms with Crippen molar-refractivity contribution in [2.75, 3.05) is 11.6 Å². The minimum atomic E-state index is -3.27. The number of carbonyl (C=O) groups is 1. The summed E-state index contributed by atoms with van der Waals surface area (Å²) in [7, 11) is -3.27. The molecule has 1 amide bonds. The van der Waals surface area contributed by atoms with Crippen LogP contribution in [0.2, 0.25) is 0 Å². The molecule has 26 heavy (non-hydrogen) atoms. The quantitative estimate of drug-likeness (QED) is 0.722. The molecule has 0 aliphatic rings. The summed E-state index contributed by atoms with van der Waals surface area (Å²) in [6.45, 7) is 2.05. The third kappa shape index (κ3) is 4.29. The number of hydrogen-bond donors (Lipinski definition) is 1. The van der Waals surface area contributed by atoms with E-state index in [1.807, 2.05) is 42.5 Å². The molecule has 7 heteroatoms. The number of sulfone groups is 1. The Balaban J connectivity index is 1.89. The van der Waals surface area contributed by atoms with Crippen LogP contribution in [0, 0.1) is 0 Å². The van der Waals surface area contributed by atoms with E-state index >= 15 is 0 Å². The van der Waals surface area contributed by atoms with Crippen molar-refractivity contribution in [1.29, 1.82) is 0 Å². The summed E-state index contributed by atoms with van der Waals surface area (Å²) < 4.78 is 25.1. The number of rotatable bonds is 6. The fraction of sp³-hybridized carbons (Fsp3) is 0.263. The first-order valence-corrected chi connectivity index (χ1v) is 10.4. The normalized spacial score (nSPS) is 11.6. The van der Waals surface area contributed by atoms with Crippen LogP contribution in [-0.4, -0.2) is 30.1 Å². The van der Waals surface area contributed by atoms with Gasteiger partial charge < -0.3 is 9.88 Å². The highest BCUT2D eigenvalue weighted by Crippen LogP contribution is 2.18. The molecule has 1 aromatic heterocycles. The maximum atomic E-state index is 12.5. The van der Waals surface area contributed by atoms with Gasteiger partial charge >= 0.3 is 0 Å². The molecule has 0 atom stereocenters. The third-order valence-electron chi connectivity index (χ3n) is 4.05. The number of nitrogens with zero attached hydrogens (tertiary/aromatic N) is 2. The molecule has 1 heterocycles.